The van der Waals surface area contributed by atoms with E-state index in [0.717, 1.165) is 21.7 Å². The average molecular weight is 313 g/mol. The Morgan fingerprint density at radius 1 is 1.41 bits per heavy atom. The highest BCUT2D eigenvalue weighted by molar-refractivity contribution is 9.10. The van der Waals surface area contributed by atoms with Gasteiger partial charge in [0, 0.05) is 15.4 Å². The summed E-state index contributed by atoms with van der Waals surface area (Å²) in [5.74, 6) is 0. The largest absolute Gasteiger partial charge is 0.335 e. The Hall–Kier alpha value is -0.480. The fraction of sp³-hybridized carbons (Fsp3) is 0.462. The van der Waals surface area contributed by atoms with E-state index in [4.69, 9.17) is 0 Å². The van der Waals surface area contributed by atoms with Crippen LogP contribution in [0.15, 0.2) is 27.7 Å². The van der Waals surface area contributed by atoms with E-state index in [-0.39, 0.29) is 0 Å². The Balaban J connectivity index is 2.18. The van der Waals surface area contributed by atoms with Gasteiger partial charge in [0.1, 0.15) is 0 Å². The molecule has 1 aliphatic rings. The van der Waals surface area contributed by atoms with Gasteiger partial charge < -0.3 is 5.32 Å². The number of rotatable bonds is 1. The van der Waals surface area contributed by atoms with Crippen molar-refractivity contribution in [3.63, 3.8) is 0 Å². The van der Waals surface area contributed by atoms with Crippen molar-refractivity contribution in [1.82, 2.24) is 0 Å². The fourth-order valence-electron chi connectivity index (χ4n) is 1.91. The van der Waals surface area contributed by atoms with Crippen molar-refractivity contribution < 1.29 is 0 Å². The van der Waals surface area contributed by atoms with Crippen LogP contribution in [0.5, 0.6) is 0 Å². The molecule has 0 saturated heterocycles. The van der Waals surface area contributed by atoms with Crippen LogP contribution in [-0.2, 0) is 0 Å². The summed E-state index contributed by atoms with van der Waals surface area (Å²) in [5, 5.41) is 5.11. The van der Waals surface area contributed by atoms with Gasteiger partial charge in [-0.05, 0) is 38.0 Å². The molecule has 0 spiro atoms. The topological polar surface area (TPSA) is 24.4 Å². The standard InChI is InChI=1S/C13H17BrN2S/c1-8-4-5-11(14)7-12(8)16-13-15-9(2)6-10(3)17-13/h4-5,7,9-10H,6H2,1-3H3,(H,15,16). The van der Waals surface area contributed by atoms with E-state index < -0.39 is 0 Å². The maximum Gasteiger partial charge on any atom is 0.161 e. The van der Waals surface area contributed by atoms with E-state index in [1.165, 1.54) is 5.56 Å². The van der Waals surface area contributed by atoms with Crippen LogP contribution in [0, 0.1) is 6.92 Å². The lowest BCUT2D eigenvalue weighted by Crippen LogP contribution is -2.22. The molecular weight excluding hydrogens is 296 g/mol. The molecule has 0 saturated carbocycles. The van der Waals surface area contributed by atoms with Gasteiger partial charge >= 0.3 is 0 Å². The molecule has 0 aromatic heterocycles. The number of hydrogen-bond acceptors (Lipinski definition) is 3. The van der Waals surface area contributed by atoms with Crippen LogP contribution in [0.25, 0.3) is 0 Å². The van der Waals surface area contributed by atoms with Gasteiger partial charge in [0.15, 0.2) is 5.17 Å². The summed E-state index contributed by atoms with van der Waals surface area (Å²) in [6.45, 7) is 6.53. The first-order valence-corrected chi connectivity index (χ1v) is 7.49. The third-order valence-electron chi connectivity index (χ3n) is 2.76. The molecule has 4 heteroatoms. The van der Waals surface area contributed by atoms with Crippen molar-refractivity contribution in [3.05, 3.63) is 28.2 Å². The number of nitrogens with zero attached hydrogens (tertiary/aromatic N) is 1. The molecule has 1 aromatic carbocycles. The lowest BCUT2D eigenvalue weighted by Gasteiger charge is -2.23. The lowest BCUT2D eigenvalue weighted by atomic mass is 10.2. The zero-order chi connectivity index (χ0) is 12.4. The molecule has 0 aliphatic carbocycles. The van der Waals surface area contributed by atoms with Crippen molar-refractivity contribution in [1.29, 1.82) is 0 Å². The molecule has 0 fully saturated rings. The number of amidine groups is 1. The number of hydrogen-bond donors (Lipinski definition) is 1. The second kappa shape index (κ2) is 5.44. The molecule has 92 valence electrons. The Kier molecular flexibility index (Phi) is 4.15. The average Bonchev–Trinajstić information content (AvgIpc) is 2.22. The van der Waals surface area contributed by atoms with Gasteiger partial charge in [0.05, 0.1) is 6.04 Å². The van der Waals surface area contributed by atoms with Crippen molar-refractivity contribution >= 4 is 38.5 Å². The third-order valence-corrected chi connectivity index (χ3v) is 4.28. The predicted octanol–water partition coefficient (Wildman–Crippen LogP) is 4.44. The number of anilines is 1. The van der Waals surface area contributed by atoms with Gasteiger partial charge in [-0.1, -0.05) is 40.7 Å². The molecule has 0 bridgehead atoms. The summed E-state index contributed by atoms with van der Waals surface area (Å²) in [6.07, 6.45) is 1.16. The first kappa shape index (κ1) is 13.0. The molecule has 1 N–H and O–H groups in total. The molecule has 2 nitrogen and oxygen atoms in total. The number of halogens is 1. The Morgan fingerprint density at radius 2 is 2.18 bits per heavy atom. The summed E-state index contributed by atoms with van der Waals surface area (Å²) >= 11 is 5.32. The molecule has 2 unspecified atom stereocenters. The minimum absolute atomic E-state index is 0.418. The van der Waals surface area contributed by atoms with Crippen LogP contribution in [-0.4, -0.2) is 16.5 Å². The maximum absolute atomic E-state index is 4.65. The maximum atomic E-state index is 4.65. The van der Waals surface area contributed by atoms with E-state index in [2.05, 4.69) is 65.2 Å². The smallest absolute Gasteiger partial charge is 0.161 e. The molecule has 1 aliphatic heterocycles. The van der Waals surface area contributed by atoms with Gasteiger partial charge in [-0.2, -0.15) is 0 Å². The monoisotopic (exact) mass is 312 g/mol. The normalized spacial score (nSPS) is 24.4. The number of aryl methyl sites for hydroxylation is 1. The Bertz CT molecular complexity index is 445. The molecule has 2 rings (SSSR count). The molecule has 1 heterocycles. The second-order valence-corrected chi connectivity index (χ2v) is 6.87. The quantitative estimate of drug-likeness (QED) is 0.829. The summed E-state index contributed by atoms with van der Waals surface area (Å²) < 4.78 is 1.09. The van der Waals surface area contributed by atoms with Crippen LogP contribution in [0.3, 0.4) is 0 Å². The van der Waals surface area contributed by atoms with Crippen molar-refractivity contribution in [2.45, 2.75) is 38.5 Å². The zero-order valence-corrected chi connectivity index (χ0v) is 12.7. The van der Waals surface area contributed by atoms with E-state index in [1.54, 1.807) is 0 Å². The van der Waals surface area contributed by atoms with Crippen LogP contribution >= 0.6 is 27.7 Å². The molecule has 2 atom stereocenters. The summed E-state index contributed by atoms with van der Waals surface area (Å²) in [7, 11) is 0. The minimum Gasteiger partial charge on any atom is -0.335 e. The lowest BCUT2D eigenvalue weighted by molar-refractivity contribution is 0.661. The third kappa shape index (κ3) is 3.49. The first-order valence-electron chi connectivity index (χ1n) is 5.82. The molecule has 1 aromatic rings. The van der Waals surface area contributed by atoms with Gasteiger partial charge in [-0.25, -0.2) is 0 Å². The Morgan fingerprint density at radius 3 is 2.88 bits per heavy atom. The van der Waals surface area contributed by atoms with Crippen LogP contribution in [0.2, 0.25) is 0 Å². The number of nitrogens with one attached hydrogen (secondary N) is 1. The minimum atomic E-state index is 0.418. The van der Waals surface area contributed by atoms with Crippen LogP contribution in [0.4, 0.5) is 5.69 Å². The summed E-state index contributed by atoms with van der Waals surface area (Å²) in [4.78, 5) is 4.65. The van der Waals surface area contributed by atoms with E-state index in [1.807, 2.05) is 11.8 Å². The SMILES string of the molecule is Cc1ccc(Br)cc1NC1=NC(C)CC(C)S1. The van der Waals surface area contributed by atoms with Crippen LogP contribution in [0.1, 0.15) is 25.8 Å². The predicted molar refractivity (Wildman–Crippen MR) is 81.1 cm³/mol. The molecule has 0 radical (unpaired) electrons. The highest BCUT2D eigenvalue weighted by Gasteiger charge is 2.18. The van der Waals surface area contributed by atoms with Gasteiger partial charge in [0.2, 0.25) is 0 Å². The first-order chi connectivity index (χ1) is 8.04. The molecule has 17 heavy (non-hydrogen) atoms. The number of thioether (sulfide) groups is 1. The Labute approximate surface area is 115 Å². The van der Waals surface area contributed by atoms with E-state index in [0.29, 0.717) is 11.3 Å². The fourth-order valence-corrected chi connectivity index (χ4v) is 3.43. The van der Waals surface area contributed by atoms with Gasteiger partial charge in [-0.15, -0.1) is 0 Å². The molecular formula is C13H17BrN2S. The second-order valence-electron chi connectivity index (χ2n) is 4.53. The van der Waals surface area contributed by atoms with Gasteiger partial charge in [0.25, 0.3) is 0 Å². The number of benzene rings is 1. The van der Waals surface area contributed by atoms with Crippen molar-refractivity contribution in [2.24, 2.45) is 4.99 Å². The van der Waals surface area contributed by atoms with Crippen molar-refractivity contribution in [2.75, 3.05) is 5.32 Å². The highest BCUT2D eigenvalue weighted by Crippen LogP contribution is 2.28. The van der Waals surface area contributed by atoms with Gasteiger partial charge in [-0.3, -0.25) is 4.99 Å². The van der Waals surface area contributed by atoms with E-state index in [9.17, 15) is 0 Å². The zero-order valence-electron chi connectivity index (χ0n) is 10.3. The summed E-state index contributed by atoms with van der Waals surface area (Å²) in [5.41, 5.74) is 2.37. The van der Waals surface area contributed by atoms with Crippen LogP contribution < -0.4 is 5.32 Å². The van der Waals surface area contributed by atoms with Crippen molar-refractivity contribution in [3.8, 4) is 0 Å². The molecule has 0 amide bonds. The highest BCUT2D eigenvalue weighted by atomic mass is 79.9. The van der Waals surface area contributed by atoms with E-state index >= 15 is 0 Å². The summed E-state index contributed by atoms with van der Waals surface area (Å²) in [6, 6.07) is 6.68. The number of aliphatic imine (C=N–C) groups is 1.